The fourth-order valence-electron chi connectivity index (χ4n) is 5.02. The fourth-order valence-corrected chi connectivity index (χ4v) is 5.13. The second-order valence-corrected chi connectivity index (χ2v) is 9.56. The largest absolute Gasteiger partial charge is 0.496 e. The van der Waals surface area contributed by atoms with Gasteiger partial charge >= 0.3 is 5.97 Å². The number of ether oxygens (including phenoxy) is 1. The Hall–Kier alpha value is -3.10. The van der Waals surface area contributed by atoms with Gasteiger partial charge in [0.25, 0.3) is 0 Å². The van der Waals surface area contributed by atoms with E-state index < -0.39 is 12.0 Å². The number of nitrogens with zero attached hydrogens (tertiary/aromatic N) is 2. The predicted octanol–water partition coefficient (Wildman–Crippen LogP) is 3.95. The molecule has 2 amide bonds. The van der Waals surface area contributed by atoms with E-state index in [0.29, 0.717) is 18.5 Å². The molecule has 0 aliphatic carbocycles. The van der Waals surface area contributed by atoms with E-state index in [9.17, 15) is 19.5 Å². The van der Waals surface area contributed by atoms with Crippen LogP contribution in [-0.2, 0) is 16.1 Å². The minimum absolute atomic E-state index is 0.00196. The van der Waals surface area contributed by atoms with Crippen molar-refractivity contribution >= 4 is 35.1 Å². The van der Waals surface area contributed by atoms with Crippen molar-refractivity contribution in [1.82, 2.24) is 9.80 Å². The van der Waals surface area contributed by atoms with E-state index in [-0.39, 0.29) is 29.2 Å². The van der Waals surface area contributed by atoms with E-state index in [1.165, 1.54) is 24.8 Å². The van der Waals surface area contributed by atoms with E-state index >= 15 is 0 Å². The van der Waals surface area contributed by atoms with Gasteiger partial charge in [-0.3, -0.25) is 14.5 Å². The molecule has 35 heavy (non-hydrogen) atoms. The zero-order valence-corrected chi connectivity index (χ0v) is 20.7. The number of halogens is 1. The van der Waals surface area contributed by atoms with Gasteiger partial charge in [-0.2, -0.15) is 0 Å². The Morgan fingerprint density at radius 2 is 1.89 bits per heavy atom. The lowest BCUT2D eigenvalue weighted by Crippen LogP contribution is -2.51. The van der Waals surface area contributed by atoms with Crippen molar-refractivity contribution in [1.29, 1.82) is 0 Å². The normalized spacial score (nSPS) is 19.1. The third kappa shape index (κ3) is 5.60. The van der Waals surface area contributed by atoms with Gasteiger partial charge in [0.1, 0.15) is 17.4 Å². The molecule has 0 aromatic heterocycles. The maximum absolute atomic E-state index is 13.1. The number of carbonyl (C=O) groups is 3. The molecule has 2 fully saturated rings. The highest BCUT2D eigenvalue weighted by Crippen LogP contribution is 2.30. The van der Waals surface area contributed by atoms with Crippen LogP contribution in [0.2, 0.25) is 5.02 Å². The predicted molar refractivity (Wildman–Crippen MR) is 133 cm³/mol. The number of aryl methyl sites for hydroxylation is 1. The summed E-state index contributed by atoms with van der Waals surface area (Å²) >= 11 is 6.14. The molecule has 2 aliphatic rings. The van der Waals surface area contributed by atoms with Crippen molar-refractivity contribution in [2.24, 2.45) is 0 Å². The van der Waals surface area contributed by atoms with Gasteiger partial charge in [0.05, 0.1) is 7.11 Å². The molecule has 186 valence electrons. The molecule has 0 spiro atoms. The van der Waals surface area contributed by atoms with Crippen molar-refractivity contribution in [2.75, 3.05) is 25.5 Å². The van der Waals surface area contributed by atoms with E-state index in [1.807, 2.05) is 19.1 Å². The number of hydrogen-bond acceptors (Lipinski definition) is 5. The molecule has 2 aromatic carbocycles. The summed E-state index contributed by atoms with van der Waals surface area (Å²) in [6, 6.07) is 10.00. The van der Waals surface area contributed by atoms with Crippen LogP contribution in [0.1, 0.15) is 47.2 Å². The number of carboxylic acid groups (broad SMARTS) is 1. The topological polar surface area (TPSA) is 99.2 Å². The lowest BCUT2D eigenvalue weighted by atomic mass is 10.0. The molecular formula is C26H30ClN3O5. The molecule has 0 radical (unpaired) electrons. The SMILES string of the molecule is COc1ccc(NC(=O)C2CCC(=O)N2C2CCN(Cc3ccc(Cl)c(C)c3)CC2)cc1C(=O)O. The first-order valence-corrected chi connectivity index (χ1v) is 12.2. The molecule has 2 heterocycles. The van der Waals surface area contributed by atoms with E-state index in [4.69, 9.17) is 16.3 Å². The number of hydrogen-bond donors (Lipinski definition) is 2. The van der Waals surface area contributed by atoms with Gasteiger partial charge in [-0.1, -0.05) is 23.7 Å². The summed E-state index contributed by atoms with van der Waals surface area (Å²) in [5.74, 6) is -1.22. The molecule has 2 saturated heterocycles. The van der Waals surface area contributed by atoms with Crippen LogP contribution in [-0.4, -0.2) is 65.0 Å². The molecule has 0 saturated carbocycles. The number of carbonyl (C=O) groups excluding carboxylic acids is 2. The van der Waals surface area contributed by atoms with E-state index in [2.05, 4.69) is 16.3 Å². The number of rotatable bonds is 7. The number of methoxy groups -OCH3 is 1. The number of amides is 2. The molecule has 4 rings (SSSR count). The monoisotopic (exact) mass is 499 g/mol. The average Bonchev–Trinajstić information content (AvgIpc) is 3.23. The molecule has 2 aromatic rings. The molecule has 8 nitrogen and oxygen atoms in total. The van der Waals surface area contributed by atoms with Crippen LogP contribution in [0.15, 0.2) is 36.4 Å². The zero-order chi connectivity index (χ0) is 25.1. The van der Waals surface area contributed by atoms with E-state index in [1.54, 1.807) is 11.0 Å². The van der Waals surface area contributed by atoms with Gasteiger partial charge in [0.2, 0.25) is 11.8 Å². The summed E-state index contributed by atoms with van der Waals surface area (Å²) in [5, 5.41) is 13.0. The second kappa shape index (κ2) is 10.7. The molecule has 1 atom stereocenters. The summed E-state index contributed by atoms with van der Waals surface area (Å²) in [4.78, 5) is 41.5. The van der Waals surface area contributed by atoms with E-state index in [0.717, 1.165) is 43.1 Å². The van der Waals surface area contributed by atoms with Crippen LogP contribution in [0.4, 0.5) is 5.69 Å². The van der Waals surface area contributed by atoms with Crippen LogP contribution in [0, 0.1) is 6.92 Å². The number of anilines is 1. The first-order valence-electron chi connectivity index (χ1n) is 11.8. The first kappa shape index (κ1) is 25.0. The molecule has 0 bridgehead atoms. The number of benzene rings is 2. The summed E-state index contributed by atoms with van der Waals surface area (Å²) in [6.07, 6.45) is 2.39. The minimum Gasteiger partial charge on any atom is -0.496 e. The Morgan fingerprint density at radius 3 is 2.54 bits per heavy atom. The smallest absolute Gasteiger partial charge is 0.339 e. The van der Waals surface area contributed by atoms with Gasteiger partial charge < -0.3 is 20.1 Å². The van der Waals surface area contributed by atoms with Crippen molar-refractivity contribution < 1.29 is 24.2 Å². The summed E-state index contributed by atoms with van der Waals surface area (Å²) in [7, 11) is 1.39. The quantitative estimate of drug-likeness (QED) is 0.598. The minimum atomic E-state index is -1.14. The summed E-state index contributed by atoms with van der Waals surface area (Å²) < 4.78 is 5.08. The Bertz CT molecular complexity index is 1130. The lowest BCUT2D eigenvalue weighted by Gasteiger charge is -2.39. The maximum atomic E-state index is 13.1. The third-order valence-corrected chi connectivity index (χ3v) is 7.26. The van der Waals surface area contributed by atoms with Crippen molar-refractivity contribution in [3.8, 4) is 5.75 Å². The summed E-state index contributed by atoms with van der Waals surface area (Å²) in [6.45, 7) is 4.50. The zero-order valence-electron chi connectivity index (χ0n) is 19.9. The van der Waals surface area contributed by atoms with Crippen LogP contribution < -0.4 is 10.1 Å². The Balaban J connectivity index is 1.38. The number of likely N-dealkylation sites (tertiary alicyclic amines) is 2. The van der Waals surface area contributed by atoms with Gasteiger partial charge in [0.15, 0.2) is 0 Å². The molecule has 2 N–H and O–H groups in total. The van der Waals surface area contributed by atoms with Crippen molar-refractivity contribution in [2.45, 2.75) is 51.2 Å². The van der Waals surface area contributed by atoms with Gasteiger partial charge in [-0.15, -0.1) is 0 Å². The lowest BCUT2D eigenvalue weighted by molar-refractivity contribution is -0.136. The van der Waals surface area contributed by atoms with Crippen molar-refractivity contribution in [3.05, 3.63) is 58.1 Å². The molecular weight excluding hydrogens is 470 g/mol. The highest BCUT2D eigenvalue weighted by Gasteiger charge is 2.41. The Labute approximate surface area is 209 Å². The highest BCUT2D eigenvalue weighted by molar-refractivity contribution is 6.31. The highest BCUT2D eigenvalue weighted by atomic mass is 35.5. The van der Waals surface area contributed by atoms with Gasteiger partial charge in [-0.05, 0) is 61.6 Å². The molecule has 1 unspecified atom stereocenters. The van der Waals surface area contributed by atoms with Crippen LogP contribution in [0.3, 0.4) is 0 Å². The van der Waals surface area contributed by atoms with Crippen LogP contribution in [0.25, 0.3) is 0 Å². The van der Waals surface area contributed by atoms with Crippen LogP contribution in [0.5, 0.6) is 5.75 Å². The number of nitrogens with one attached hydrogen (secondary N) is 1. The van der Waals surface area contributed by atoms with Crippen LogP contribution >= 0.6 is 11.6 Å². The standard InChI is InChI=1S/C26H30ClN3O5/c1-16-13-17(3-5-21(16)27)15-29-11-9-19(10-12-29)30-22(6-8-24(30)31)25(32)28-18-4-7-23(35-2)20(14-18)26(33)34/h3-5,7,13-14,19,22H,6,8-12,15H2,1-2H3,(H,28,32)(H,33,34). The Kier molecular flexibility index (Phi) is 7.62. The molecule has 2 aliphatic heterocycles. The first-order chi connectivity index (χ1) is 16.8. The third-order valence-electron chi connectivity index (χ3n) is 6.83. The second-order valence-electron chi connectivity index (χ2n) is 9.16. The fraction of sp³-hybridized carbons (Fsp3) is 0.423. The number of carboxylic acids is 1. The molecule has 9 heteroatoms. The number of piperidine rings is 1. The van der Waals surface area contributed by atoms with Gasteiger partial charge in [0, 0.05) is 42.8 Å². The maximum Gasteiger partial charge on any atom is 0.339 e. The average molecular weight is 500 g/mol. The van der Waals surface area contributed by atoms with Gasteiger partial charge in [-0.25, -0.2) is 4.79 Å². The number of aromatic carboxylic acids is 1. The van der Waals surface area contributed by atoms with Crippen molar-refractivity contribution in [3.63, 3.8) is 0 Å². The Morgan fingerprint density at radius 1 is 1.14 bits per heavy atom. The summed E-state index contributed by atoms with van der Waals surface area (Å²) in [5.41, 5.74) is 2.59.